The number of rotatable bonds is 7. The lowest BCUT2D eigenvalue weighted by atomic mass is 9.88. The van der Waals surface area contributed by atoms with Crippen LogP contribution in [0.3, 0.4) is 0 Å². The number of carbonyl (C=O) groups excluding carboxylic acids is 2. The zero-order chi connectivity index (χ0) is 24.9. The van der Waals surface area contributed by atoms with Gasteiger partial charge in [0.05, 0.1) is 20.3 Å². The molecule has 2 heterocycles. The summed E-state index contributed by atoms with van der Waals surface area (Å²) in [5.74, 6) is 1.64. The molecule has 7 nitrogen and oxygen atoms in total. The van der Waals surface area contributed by atoms with Crippen molar-refractivity contribution < 1.29 is 19.1 Å². The molecule has 0 aromatic heterocycles. The minimum Gasteiger partial charge on any atom is -0.493 e. The molecule has 35 heavy (non-hydrogen) atoms. The van der Waals surface area contributed by atoms with Crippen LogP contribution in [0.1, 0.15) is 55.8 Å². The van der Waals surface area contributed by atoms with E-state index in [2.05, 4.69) is 19.2 Å². The number of hydrogen-bond donors (Lipinski definition) is 1. The molecule has 3 amide bonds. The molecule has 2 aromatic rings. The number of fused-ring (bicyclic) bond motifs is 1. The fourth-order valence-corrected chi connectivity index (χ4v) is 5.24. The Hall–Kier alpha value is -3.22. The van der Waals surface area contributed by atoms with E-state index in [1.165, 1.54) is 0 Å². The maximum absolute atomic E-state index is 13.8. The highest BCUT2D eigenvalue weighted by atomic mass is 16.5. The molecule has 2 aliphatic heterocycles. The first-order valence-corrected chi connectivity index (χ1v) is 12.6. The van der Waals surface area contributed by atoms with E-state index >= 15 is 0 Å². The van der Waals surface area contributed by atoms with E-state index in [-0.39, 0.29) is 23.9 Å². The normalized spacial score (nSPS) is 18.3. The van der Waals surface area contributed by atoms with Gasteiger partial charge in [-0.25, -0.2) is 4.79 Å². The maximum Gasteiger partial charge on any atom is 0.318 e. The first-order valence-electron chi connectivity index (χ1n) is 12.6. The minimum atomic E-state index is -0.524. The molecular weight excluding hydrogens is 442 g/mol. The molecule has 2 aliphatic rings. The van der Waals surface area contributed by atoms with Crippen LogP contribution in [0, 0.1) is 5.92 Å². The number of methoxy groups -OCH3 is 2. The summed E-state index contributed by atoms with van der Waals surface area (Å²) in [5.41, 5.74) is 3.16. The summed E-state index contributed by atoms with van der Waals surface area (Å²) in [6.07, 6.45) is 3.37. The summed E-state index contributed by atoms with van der Waals surface area (Å²) in [7, 11) is 3.25. The third-order valence-corrected chi connectivity index (χ3v) is 6.97. The number of ether oxygens (including phenoxy) is 2. The van der Waals surface area contributed by atoms with Gasteiger partial charge in [0.25, 0.3) is 0 Å². The van der Waals surface area contributed by atoms with Crippen LogP contribution in [0.15, 0.2) is 42.5 Å². The number of urea groups is 1. The van der Waals surface area contributed by atoms with Crippen LogP contribution >= 0.6 is 0 Å². The van der Waals surface area contributed by atoms with Crippen molar-refractivity contribution in [2.75, 3.05) is 33.9 Å². The zero-order valence-electron chi connectivity index (χ0n) is 21.3. The van der Waals surface area contributed by atoms with Gasteiger partial charge in [-0.1, -0.05) is 44.2 Å². The van der Waals surface area contributed by atoms with Gasteiger partial charge in [0.15, 0.2) is 11.5 Å². The highest BCUT2D eigenvalue weighted by molar-refractivity contribution is 5.87. The van der Waals surface area contributed by atoms with Gasteiger partial charge >= 0.3 is 6.03 Å². The number of nitrogens with one attached hydrogen (secondary N) is 1. The monoisotopic (exact) mass is 479 g/mol. The molecule has 0 saturated carbocycles. The summed E-state index contributed by atoms with van der Waals surface area (Å²) in [6.45, 7) is 6.25. The number of nitrogens with zero attached hydrogens (tertiary/aromatic N) is 2. The van der Waals surface area contributed by atoms with E-state index in [1.807, 2.05) is 52.3 Å². The van der Waals surface area contributed by atoms with Crippen LogP contribution < -0.4 is 14.8 Å². The minimum absolute atomic E-state index is 0.0321. The molecule has 188 valence electrons. The lowest BCUT2D eigenvalue weighted by Crippen LogP contribution is -2.54. The van der Waals surface area contributed by atoms with E-state index in [0.29, 0.717) is 30.9 Å². The first-order chi connectivity index (χ1) is 16.9. The molecule has 0 radical (unpaired) electrons. The van der Waals surface area contributed by atoms with Crippen LogP contribution in [-0.4, -0.2) is 61.6 Å². The Balaban J connectivity index is 1.66. The number of carbonyl (C=O) groups is 2. The summed E-state index contributed by atoms with van der Waals surface area (Å²) in [5, 5.41) is 3.12. The molecule has 4 rings (SSSR count). The summed E-state index contributed by atoms with van der Waals surface area (Å²) in [6, 6.07) is 13.0. The highest BCUT2D eigenvalue weighted by Crippen LogP contribution is 2.41. The summed E-state index contributed by atoms with van der Waals surface area (Å²) < 4.78 is 11.1. The number of likely N-dealkylation sites (tertiary alicyclic amines) is 1. The maximum atomic E-state index is 13.8. The fourth-order valence-electron chi connectivity index (χ4n) is 5.24. The molecule has 0 spiro atoms. The van der Waals surface area contributed by atoms with E-state index in [9.17, 15) is 9.59 Å². The van der Waals surface area contributed by atoms with Crippen LogP contribution in [0.5, 0.6) is 11.5 Å². The molecule has 2 atom stereocenters. The Labute approximate surface area is 208 Å². The van der Waals surface area contributed by atoms with Crippen LogP contribution in [-0.2, 0) is 11.2 Å². The van der Waals surface area contributed by atoms with E-state index < -0.39 is 6.04 Å². The Morgan fingerprint density at radius 2 is 1.66 bits per heavy atom. The largest absolute Gasteiger partial charge is 0.493 e. The van der Waals surface area contributed by atoms with Crippen molar-refractivity contribution in [2.45, 2.75) is 51.6 Å². The topological polar surface area (TPSA) is 71.1 Å². The lowest BCUT2D eigenvalue weighted by molar-refractivity contribution is -0.132. The third-order valence-electron chi connectivity index (χ3n) is 6.97. The second kappa shape index (κ2) is 11.0. The van der Waals surface area contributed by atoms with Crippen LogP contribution in [0.2, 0.25) is 0 Å². The van der Waals surface area contributed by atoms with Crippen molar-refractivity contribution in [3.05, 3.63) is 59.2 Å². The van der Waals surface area contributed by atoms with E-state index in [4.69, 9.17) is 9.47 Å². The molecular formula is C28H37N3O4. The van der Waals surface area contributed by atoms with Crippen molar-refractivity contribution in [1.29, 1.82) is 0 Å². The van der Waals surface area contributed by atoms with E-state index in [0.717, 1.165) is 42.6 Å². The van der Waals surface area contributed by atoms with Gasteiger partial charge in [-0.15, -0.1) is 0 Å². The van der Waals surface area contributed by atoms with Gasteiger partial charge < -0.3 is 24.6 Å². The zero-order valence-corrected chi connectivity index (χ0v) is 21.3. The van der Waals surface area contributed by atoms with Crippen molar-refractivity contribution in [1.82, 2.24) is 15.1 Å². The van der Waals surface area contributed by atoms with Crippen LogP contribution in [0.4, 0.5) is 4.79 Å². The standard InChI is InChI=1S/C28H37N3O4/c1-19(2)16-23(27(32)30-13-8-9-14-30)29-28(33)31-15-12-21-17-24(34-3)25(35-4)18-22(21)26(31)20-10-6-5-7-11-20/h5-7,10-11,17-19,23,26H,8-9,12-16H2,1-4H3,(H,29,33)/t23-,26-/m0/s1. The van der Waals surface area contributed by atoms with E-state index in [1.54, 1.807) is 14.2 Å². The Morgan fingerprint density at radius 3 is 2.29 bits per heavy atom. The molecule has 0 bridgehead atoms. The molecule has 0 aliphatic carbocycles. The first kappa shape index (κ1) is 24.9. The molecule has 0 unspecified atom stereocenters. The second-order valence-electron chi connectivity index (χ2n) is 9.83. The van der Waals surface area contributed by atoms with Crippen molar-refractivity contribution in [3.63, 3.8) is 0 Å². The van der Waals surface area contributed by atoms with Crippen molar-refractivity contribution in [2.24, 2.45) is 5.92 Å². The molecule has 7 heteroatoms. The molecule has 1 N–H and O–H groups in total. The van der Waals surface area contributed by atoms with Gasteiger partial charge in [-0.2, -0.15) is 0 Å². The van der Waals surface area contributed by atoms with Crippen molar-refractivity contribution >= 4 is 11.9 Å². The number of hydrogen-bond acceptors (Lipinski definition) is 4. The quantitative estimate of drug-likeness (QED) is 0.639. The van der Waals surface area contributed by atoms with Crippen LogP contribution in [0.25, 0.3) is 0 Å². The average molecular weight is 480 g/mol. The fraction of sp³-hybridized carbons (Fsp3) is 0.500. The Kier molecular flexibility index (Phi) is 7.83. The Morgan fingerprint density at radius 1 is 1.00 bits per heavy atom. The predicted octanol–water partition coefficient (Wildman–Crippen LogP) is 4.40. The lowest BCUT2D eigenvalue weighted by Gasteiger charge is -2.39. The van der Waals surface area contributed by atoms with Gasteiger partial charge in [-0.05, 0) is 60.4 Å². The second-order valence-corrected chi connectivity index (χ2v) is 9.83. The Bertz CT molecular complexity index is 1030. The summed E-state index contributed by atoms with van der Waals surface area (Å²) >= 11 is 0. The average Bonchev–Trinajstić information content (AvgIpc) is 3.41. The SMILES string of the molecule is COc1cc2c(cc1OC)[C@H](c1ccccc1)N(C(=O)N[C@@H](CC(C)C)C(=O)N1CCCC1)CC2. The number of amides is 3. The molecule has 2 aromatic carbocycles. The smallest absolute Gasteiger partial charge is 0.318 e. The molecule has 1 fully saturated rings. The van der Waals surface area contributed by atoms with Gasteiger partial charge in [-0.3, -0.25) is 4.79 Å². The number of benzene rings is 2. The van der Waals surface area contributed by atoms with Gasteiger partial charge in [0.2, 0.25) is 5.91 Å². The highest BCUT2D eigenvalue weighted by Gasteiger charge is 2.36. The van der Waals surface area contributed by atoms with Crippen molar-refractivity contribution in [3.8, 4) is 11.5 Å². The molecule has 1 saturated heterocycles. The predicted molar refractivity (Wildman–Crippen MR) is 136 cm³/mol. The van der Waals surface area contributed by atoms with Gasteiger partial charge in [0.1, 0.15) is 6.04 Å². The summed E-state index contributed by atoms with van der Waals surface area (Å²) in [4.78, 5) is 30.8. The van der Waals surface area contributed by atoms with Gasteiger partial charge in [0, 0.05) is 19.6 Å². The third kappa shape index (κ3) is 5.39.